The smallest absolute Gasteiger partial charge is 0.273 e. The summed E-state index contributed by atoms with van der Waals surface area (Å²) in [6.07, 6.45) is 4.51. The molecule has 4 rings (SSSR count). The number of carbonyl (C=O) groups excluding carboxylic acids is 1. The summed E-state index contributed by atoms with van der Waals surface area (Å²) < 4.78 is 31.9. The number of aryl methyl sites for hydroxylation is 1. The van der Waals surface area contributed by atoms with Gasteiger partial charge in [-0.2, -0.15) is 0 Å². The highest BCUT2D eigenvalue weighted by atomic mass is 19.1. The lowest BCUT2D eigenvalue weighted by atomic mass is 10.1. The first-order valence-corrected chi connectivity index (χ1v) is 13.4. The molecule has 1 amide bonds. The number of ether oxygens (including phenoxy) is 3. The Hall–Kier alpha value is -4.18. The molecular weight excluding hydrogens is 517 g/mol. The van der Waals surface area contributed by atoms with Crippen LogP contribution in [-0.4, -0.2) is 48.6 Å². The number of nitro benzene ring substituents is 1. The van der Waals surface area contributed by atoms with Crippen molar-refractivity contribution in [3.8, 4) is 23.0 Å². The van der Waals surface area contributed by atoms with Gasteiger partial charge in [0, 0.05) is 30.8 Å². The van der Waals surface area contributed by atoms with Crippen LogP contribution in [-0.2, 0) is 0 Å². The summed E-state index contributed by atoms with van der Waals surface area (Å²) in [6.45, 7) is 7.29. The van der Waals surface area contributed by atoms with Crippen molar-refractivity contribution in [3.63, 3.8) is 0 Å². The van der Waals surface area contributed by atoms with E-state index < -0.39 is 16.6 Å². The van der Waals surface area contributed by atoms with E-state index in [1.165, 1.54) is 50.3 Å². The van der Waals surface area contributed by atoms with E-state index in [2.05, 4.69) is 17.1 Å². The molecule has 0 saturated carbocycles. The summed E-state index contributed by atoms with van der Waals surface area (Å²) in [7, 11) is 1.35. The maximum atomic E-state index is 14.8. The number of carbonyl (C=O) groups is 1. The highest BCUT2D eigenvalue weighted by Crippen LogP contribution is 2.35. The van der Waals surface area contributed by atoms with E-state index in [0.29, 0.717) is 5.56 Å². The van der Waals surface area contributed by atoms with Gasteiger partial charge in [0.1, 0.15) is 23.4 Å². The molecule has 0 bridgehead atoms. The van der Waals surface area contributed by atoms with Gasteiger partial charge in [-0.15, -0.1) is 0 Å². The molecule has 1 heterocycles. The molecule has 0 aliphatic carbocycles. The number of methoxy groups -OCH3 is 1. The fraction of sp³-hybridized carbons (Fsp3) is 0.367. The predicted octanol–water partition coefficient (Wildman–Crippen LogP) is 6.74. The molecule has 1 saturated heterocycles. The van der Waals surface area contributed by atoms with E-state index in [0.717, 1.165) is 49.9 Å². The van der Waals surface area contributed by atoms with E-state index in [4.69, 9.17) is 14.2 Å². The molecule has 1 N–H and O–H groups in total. The quantitative estimate of drug-likeness (QED) is 0.208. The number of nitrogens with zero attached hydrogens (tertiary/aromatic N) is 2. The number of rotatable bonds is 11. The van der Waals surface area contributed by atoms with Crippen LogP contribution in [0.5, 0.6) is 23.0 Å². The number of amides is 1. The number of halogens is 1. The van der Waals surface area contributed by atoms with Crippen molar-refractivity contribution < 1.29 is 28.3 Å². The highest BCUT2D eigenvalue weighted by Gasteiger charge is 2.21. The molecule has 0 atom stereocenters. The first-order chi connectivity index (χ1) is 19.3. The van der Waals surface area contributed by atoms with Crippen LogP contribution in [0.2, 0.25) is 0 Å². The minimum Gasteiger partial charge on any atom is -0.493 e. The van der Waals surface area contributed by atoms with Crippen molar-refractivity contribution in [2.24, 2.45) is 0 Å². The molecule has 1 aliphatic rings. The summed E-state index contributed by atoms with van der Waals surface area (Å²) in [4.78, 5) is 25.8. The van der Waals surface area contributed by atoms with Crippen LogP contribution in [0.1, 0.15) is 48.5 Å². The third-order valence-electron chi connectivity index (χ3n) is 6.87. The van der Waals surface area contributed by atoms with Gasteiger partial charge in [-0.05, 0) is 74.7 Å². The van der Waals surface area contributed by atoms with Crippen LogP contribution < -0.4 is 19.5 Å². The second-order valence-electron chi connectivity index (χ2n) is 9.78. The van der Waals surface area contributed by atoms with E-state index in [9.17, 15) is 19.3 Å². The minimum atomic E-state index is -0.700. The average molecular weight is 552 g/mol. The van der Waals surface area contributed by atoms with E-state index in [-0.39, 0.29) is 34.7 Å². The van der Waals surface area contributed by atoms with Crippen LogP contribution in [0, 0.1) is 22.9 Å². The highest BCUT2D eigenvalue weighted by molar-refractivity contribution is 6.04. The fourth-order valence-corrected chi connectivity index (χ4v) is 4.57. The number of likely N-dealkylation sites (tertiary alicyclic amines) is 1. The van der Waals surface area contributed by atoms with Gasteiger partial charge in [0.25, 0.3) is 11.6 Å². The summed E-state index contributed by atoms with van der Waals surface area (Å²) in [5.74, 6) is 0.0441. The van der Waals surface area contributed by atoms with Gasteiger partial charge < -0.3 is 24.4 Å². The van der Waals surface area contributed by atoms with E-state index in [1.807, 2.05) is 6.92 Å². The number of non-ortho nitro benzene ring substituents is 1. The maximum Gasteiger partial charge on any atom is 0.273 e. The van der Waals surface area contributed by atoms with Crippen LogP contribution in [0.3, 0.4) is 0 Å². The molecule has 3 aromatic rings. The Morgan fingerprint density at radius 2 is 1.82 bits per heavy atom. The number of unbranched alkanes of at least 4 members (excludes halogenated alkanes) is 1. The average Bonchev–Trinajstić information content (AvgIpc) is 2.95. The topological polar surface area (TPSA) is 103 Å². The zero-order valence-corrected chi connectivity index (χ0v) is 22.9. The Balaban J connectivity index is 1.36. The lowest BCUT2D eigenvalue weighted by Crippen LogP contribution is -2.38. The molecule has 40 heavy (non-hydrogen) atoms. The number of piperidine rings is 1. The Kier molecular flexibility index (Phi) is 9.55. The summed E-state index contributed by atoms with van der Waals surface area (Å²) in [5, 5.41) is 13.6. The van der Waals surface area contributed by atoms with Crippen molar-refractivity contribution in [1.29, 1.82) is 0 Å². The van der Waals surface area contributed by atoms with Crippen LogP contribution in [0.25, 0.3) is 0 Å². The predicted molar refractivity (Wildman–Crippen MR) is 150 cm³/mol. The number of anilines is 1. The monoisotopic (exact) mass is 551 g/mol. The van der Waals surface area contributed by atoms with Gasteiger partial charge in [0.15, 0.2) is 11.5 Å². The molecular formula is C30H34FN3O6. The zero-order valence-electron chi connectivity index (χ0n) is 22.9. The Bertz CT molecular complexity index is 1360. The molecule has 0 aromatic heterocycles. The molecule has 9 nitrogen and oxygen atoms in total. The van der Waals surface area contributed by atoms with Gasteiger partial charge in [-0.25, -0.2) is 4.39 Å². The van der Waals surface area contributed by atoms with Crippen molar-refractivity contribution >= 4 is 17.3 Å². The Morgan fingerprint density at radius 1 is 1.07 bits per heavy atom. The number of benzene rings is 3. The molecule has 1 aliphatic heterocycles. The van der Waals surface area contributed by atoms with Crippen LogP contribution in [0.4, 0.5) is 15.8 Å². The number of hydrogen-bond acceptors (Lipinski definition) is 7. The van der Waals surface area contributed by atoms with Crippen molar-refractivity contribution in [3.05, 3.63) is 81.7 Å². The van der Waals surface area contributed by atoms with Gasteiger partial charge >= 0.3 is 0 Å². The molecule has 212 valence electrons. The molecule has 1 fully saturated rings. The third kappa shape index (κ3) is 7.26. The molecule has 0 spiro atoms. The number of nitro groups is 1. The second-order valence-corrected chi connectivity index (χ2v) is 9.78. The van der Waals surface area contributed by atoms with E-state index in [1.54, 1.807) is 18.2 Å². The normalized spacial score (nSPS) is 14.0. The van der Waals surface area contributed by atoms with Gasteiger partial charge in [-0.3, -0.25) is 14.9 Å². The van der Waals surface area contributed by atoms with Crippen LogP contribution >= 0.6 is 0 Å². The minimum absolute atomic E-state index is 0.0131. The SMILES string of the molecule is CCCCN1CCC(Oc2ccc(C(=O)Nc3ccc(Oc4ccc([N+](=O)[O-])cc4OC)cc3F)cc2C)CC1. The van der Waals surface area contributed by atoms with Crippen molar-refractivity contribution in [2.45, 2.75) is 45.6 Å². The van der Waals surface area contributed by atoms with Gasteiger partial charge in [0.2, 0.25) is 0 Å². The maximum absolute atomic E-state index is 14.8. The molecule has 10 heteroatoms. The second kappa shape index (κ2) is 13.3. The largest absolute Gasteiger partial charge is 0.493 e. The first-order valence-electron chi connectivity index (χ1n) is 13.4. The molecule has 0 radical (unpaired) electrons. The number of nitrogens with one attached hydrogen (secondary N) is 1. The summed E-state index contributed by atoms with van der Waals surface area (Å²) in [5.41, 5.74) is 1.05. The van der Waals surface area contributed by atoms with Gasteiger partial charge in [0.05, 0.1) is 23.8 Å². The van der Waals surface area contributed by atoms with Crippen molar-refractivity contribution in [2.75, 3.05) is 32.1 Å². The summed E-state index contributed by atoms with van der Waals surface area (Å²) >= 11 is 0. The zero-order chi connectivity index (χ0) is 28.6. The number of hydrogen-bond donors (Lipinski definition) is 1. The lowest BCUT2D eigenvalue weighted by Gasteiger charge is -2.32. The molecule has 3 aromatic carbocycles. The standard InChI is InChI=1S/C30H34FN3O6/c1-4-5-14-33-15-12-23(13-16-33)39-27-10-6-21(17-20(27)2)30(35)32-26-9-8-24(19-25(26)31)40-28-11-7-22(34(36)37)18-29(28)38-3/h6-11,17-19,23H,4-5,12-16H2,1-3H3,(H,32,35). The molecule has 0 unspecified atom stereocenters. The Morgan fingerprint density at radius 3 is 2.48 bits per heavy atom. The fourth-order valence-electron chi connectivity index (χ4n) is 4.57. The van der Waals surface area contributed by atoms with Crippen LogP contribution in [0.15, 0.2) is 54.6 Å². The lowest BCUT2D eigenvalue weighted by molar-refractivity contribution is -0.384. The third-order valence-corrected chi connectivity index (χ3v) is 6.87. The van der Waals surface area contributed by atoms with Gasteiger partial charge in [-0.1, -0.05) is 13.3 Å². The summed E-state index contributed by atoms with van der Waals surface area (Å²) in [6, 6.07) is 13.0. The van der Waals surface area contributed by atoms with E-state index >= 15 is 0 Å². The first kappa shape index (κ1) is 28.8. The van der Waals surface area contributed by atoms with Crippen molar-refractivity contribution in [1.82, 2.24) is 4.90 Å². The Labute approximate surface area is 233 Å².